The van der Waals surface area contributed by atoms with Gasteiger partial charge in [0.25, 0.3) is 0 Å². The van der Waals surface area contributed by atoms with Gasteiger partial charge in [0, 0.05) is 26.0 Å². The van der Waals surface area contributed by atoms with Crippen molar-refractivity contribution >= 4 is 6.03 Å². The molecule has 2 amide bonds. The average molecular weight is 324 g/mol. The Bertz CT molecular complexity index is 781. The topological polar surface area (TPSA) is 63.3 Å². The summed E-state index contributed by atoms with van der Waals surface area (Å²) >= 11 is 0. The number of nitrogens with one attached hydrogen (secondary N) is 1. The zero-order valence-electron chi connectivity index (χ0n) is 13.7. The molecule has 0 spiro atoms. The molecule has 124 valence electrons. The first-order chi connectivity index (χ1) is 11.6. The predicted molar refractivity (Wildman–Crippen MR) is 90.7 cm³/mol. The first-order valence-corrected chi connectivity index (χ1v) is 7.78. The third-order valence-corrected chi connectivity index (χ3v) is 3.98. The lowest BCUT2D eigenvalue weighted by atomic mass is 10.2. The molecule has 0 saturated heterocycles. The van der Waals surface area contributed by atoms with Gasteiger partial charge in [0.1, 0.15) is 5.76 Å². The van der Waals surface area contributed by atoms with Crippen molar-refractivity contribution in [3.05, 3.63) is 72.4 Å². The number of nitrogens with zero attached hydrogens (tertiary/aromatic N) is 3. The van der Waals surface area contributed by atoms with Crippen molar-refractivity contribution in [1.29, 1.82) is 0 Å². The van der Waals surface area contributed by atoms with Gasteiger partial charge in [0.15, 0.2) is 0 Å². The highest BCUT2D eigenvalue weighted by Crippen LogP contribution is 2.19. The molecule has 0 aliphatic heterocycles. The summed E-state index contributed by atoms with van der Waals surface area (Å²) < 4.78 is 7.14. The molecule has 3 aromatic rings. The molecule has 1 atom stereocenters. The molecule has 1 aromatic carbocycles. The quantitative estimate of drug-likeness (QED) is 0.782. The standard InChI is InChI=1S/C18H20N4O2/c1-14(17-8-4-11-24-17)21(2)18(23)19-13-15-6-3-7-16(12-15)22-10-5-9-20-22/h3-12,14H,13H2,1-2H3,(H,19,23). The smallest absolute Gasteiger partial charge is 0.318 e. The highest BCUT2D eigenvalue weighted by atomic mass is 16.3. The van der Waals surface area contributed by atoms with E-state index in [0.29, 0.717) is 6.54 Å². The van der Waals surface area contributed by atoms with Gasteiger partial charge in [-0.2, -0.15) is 5.10 Å². The largest absolute Gasteiger partial charge is 0.467 e. The molecule has 2 heterocycles. The van der Waals surface area contributed by atoms with Gasteiger partial charge in [-0.15, -0.1) is 0 Å². The fourth-order valence-electron chi connectivity index (χ4n) is 2.43. The SMILES string of the molecule is CC(c1ccco1)N(C)C(=O)NCc1cccc(-n2cccn2)c1. The summed E-state index contributed by atoms with van der Waals surface area (Å²) in [5, 5.41) is 7.14. The molecule has 6 heteroatoms. The number of benzene rings is 1. The van der Waals surface area contributed by atoms with E-state index >= 15 is 0 Å². The van der Waals surface area contributed by atoms with Crippen molar-refractivity contribution in [2.24, 2.45) is 0 Å². The summed E-state index contributed by atoms with van der Waals surface area (Å²) in [5.74, 6) is 0.758. The zero-order valence-corrected chi connectivity index (χ0v) is 13.7. The van der Waals surface area contributed by atoms with E-state index in [-0.39, 0.29) is 12.1 Å². The van der Waals surface area contributed by atoms with Crippen LogP contribution in [0.4, 0.5) is 4.79 Å². The third-order valence-electron chi connectivity index (χ3n) is 3.98. The van der Waals surface area contributed by atoms with Crippen LogP contribution in [-0.2, 0) is 6.54 Å². The molecule has 3 rings (SSSR count). The van der Waals surface area contributed by atoms with Crippen LogP contribution in [0.15, 0.2) is 65.5 Å². The number of hydrogen-bond acceptors (Lipinski definition) is 3. The summed E-state index contributed by atoms with van der Waals surface area (Å²) in [6, 6.07) is 13.2. The maximum absolute atomic E-state index is 12.3. The van der Waals surface area contributed by atoms with Gasteiger partial charge in [-0.05, 0) is 42.8 Å². The molecule has 0 fully saturated rings. The lowest BCUT2D eigenvalue weighted by Gasteiger charge is -2.23. The molecule has 1 unspecified atom stereocenters. The van der Waals surface area contributed by atoms with E-state index < -0.39 is 0 Å². The molecular weight excluding hydrogens is 304 g/mol. The van der Waals surface area contributed by atoms with Crippen LogP contribution in [0.1, 0.15) is 24.3 Å². The molecular formula is C18H20N4O2. The minimum Gasteiger partial charge on any atom is -0.467 e. The molecule has 0 aliphatic carbocycles. The minimum atomic E-state index is -0.150. The summed E-state index contributed by atoms with van der Waals surface area (Å²) in [4.78, 5) is 13.9. The molecule has 1 N–H and O–H groups in total. The van der Waals surface area contributed by atoms with Crippen LogP contribution in [-0.4, -0.2) is 27.8 Å². The fourth-order valence-corrected chi connectivity index (χ4v) is 2.43. The van der Waals surface area contributed by atoms with Gasteiger partial charge in [-0.25, -0.2) is 9.48 Å². The number of amides is 2. The second-order valence-corrected chi connectivity index (χ2v) is 5.58. The van der Waals surface area contributed by atoms with Gasteiger partial charge in [-0.3, -0.25) is 0 Å². The second-order valence-electron chi connectivity index (χ2n) is 5.58. The highest BCUT2D eigenvalue weighted by Gasteiger charge is 2.19. The van der Waals surface area contributed by atoms with Crippen molar-refractivity contribution in [3.63, 3.8) is 0 Å². The van der Waals surface area contributed by atoms with Gasteiger partial charge in [0.05, 0.1) is 18.0 Å². The van der Waals surface area contributed by atoms with Gasteiger partial charge in [0.2, 0.25) is 0 Å². The average Bonchev–Trinajstić information content (AvgIpc) is 3.32. The maximum Gasteiger partial charge on any atom is 0.318 e. The van der Waals surface area contributed by atoms with Crippen LogP contribution in [0.3, 0.4) is 0 Å². The second kappa shape index (κ2) is 7.04. The number of urea groups is 1. The Morgan fingerprint density at radius 1 is 1.33 bits per heavy atom. The predicted octanol–water partition coefficient (Wildman–Crippen LogP) is 3.37. The Labute approximate surface area is 140 Å². The Kier molecular flexibility index (Phi) is 4.65. The number of carbonyl (C=O) groups is 1. The van der Waals surface area contributed by atoms with Crippen LogP contribution in [0, 0.1) is 0 Å². The normalized spacial score (nSPS) is 11.9. The van der Waals surface area contributed by atoms with E-state index in [4.69, 9.17) is 4.42 Å². The van der Waals surface area contributed by atoms with Crippen molar-refractivity contribution in [2.75, 3.05) is 7.05 Å². The lowest BCUT2D eigenvalue weighted by Crippen LogP contribution is -2.38. The van der Waals surface area contributed by atoms with Crippen molar-refractivity contribution in [3.8, 4) is 5.69 Å². The molecule has 24 heavy (non-hydrogen) atoms. The number of rotatable bonds is 5. The maximum atomic E-state index is 12.3. The first kappa shape index (κ1) is 15.9. The number of hydrogen-bond donors (Lipinski definition) is 1. The molecule has 6 nitrogen and oxygen atoms in total. The third kappa shape index (κ3) is 3.48. The van der Waals surface area contributed by atoms with E-state index in [9.17, 15) is 4.79 Å². The van der Waals surface area contributed by atoms with Crippen LogP contribution in [0.25, 0.3) is 5.69 Å². The highest BCUT2D eigenvalue weighted by molar-refractivity contribution is 5.74. The Morgan fingerprint density at radius 3 is 2.92 bits per heavy atom. The summed E-state index contributed by atoms with van der Waals surface area (Å²) in [5.41, 5.74) is 1.97. The Balaban J connectivity index is 1.61. The molecule has 2 aromatic heterocycles. The zero-order chi connectivity index (χ0) is 16.9. The van der Waals surface area contributed by atoms with Crippen LogP contribution in [0.5, 0.6) is 0 Å². The first-order valence-electron chi connectivity index (χ1n) is 7.78. The Morgan fingerprint density at radius 2 is 2.21 bits per heavy atom. The van der Waals surface area contributed by atoms with E-state index in [1.807, 2.05) is 55.6 Å². The molecule has 0 bridgehead atoms. The summed E-state index contributed by atoms with van der Waals surface area (Å²) in [6.07, 6.45) is 5.23. The van der Waals surface area contributed by atoms with Crippen LogP contribution < -0.4 is 5.32 Å². The Hall–Kier alpha value is -3.02. The van der Waals surface area contributed by atoms with Gasteiger partial charge in [-0.1, -0.05) is 12.1 Å². The van der Waals surface area contributed by atoms with Crippen molar-refractivity contribution in [1.82, 2.24) is 20.0 Å². The minimum absolute atomic E-state index is 0.129. The molecule has 0 radical (unpaired) electrons. The van der Waals surface area contributed by atoms with Crippen molar-refractivity contribution < 1.29 is 9.21 Å². The number of carbonyl (C=O) groups excluding carboxylic acids is 1. The summed E-state index contributed by atoms with van der Waals surface area (Å²) in [7, 11) is 1.75. The van der Waals surface area contributed by atoms with Crippen LogP contribution in [0.2, 0.25) is 0 Å². The van der Waals surface area contributed by atoms with Gasteiger partial charge >= 0.3 is 6.03 Å². The molecule has 0 saturated carbocycles. The fraction of sp³-hybridized carbons (Fsp3) is 0.222. The van der Waals surface area contributed by atoms with Crippen LogP contribution >= 0.6 is 0 Å². The molecule has 0 aliphatic rings. The van der Waals surface area contributed by atoms with E-state index in [2.05, 4.69) is 10.4 Å². The van der Waals surface area contributed by atoms with Gasteiger partial charge < -0.3 is 14.6 Å². The van der Waals surface area contributed by atoms with E-state index in [1.54, 1.807) is 29.1 Å². The number of furan rings is 1. The number of aromatic nitrogens is 2. The van der Waals surface area contributed by atoms with Crippen molar-refractivity contribution in [2.45, 2.75) is 19.5 Å². The lowest BCUT2D eigenvalue weighted by molar-refractivity contribution is 0.187. The summed E-state index contributed by atoms with van der Waals surface area (Å²) in [6.45, 7) is 2.37. The monoisotopic (exact) mass is 324 g/mol. The van der Waals surface area contributed by atoms with E-state index in [0.717, 1.165) is 17.0 Å². The van der Waals surface area contributed by atoms with E-state index in [1.165, 1.54) is 0 Å².